The highest BCUT2D eigenvalue weighted by Gasteiger charge is 2.39. The molecule has 1 fully saturated rings. The lowest BCUT2D eigenvalue weighted by Crippen LogP contribution is -2.22. The van der Waals surface area contributed by atoms with Gasteiger partial charge in [-0.25, -0.2) is 0 Å². The summed E-state index contributed by atoms with van der Waals surface area (Å²) in [5.74, 6) is 0.348. The number of hydrogen-bond acceptors (Lipinski definition) is 1. The zero-order valence-electron chi connectivity index (χ0n) is 14.8. The number of rotatable bonds is 6. The summed E-state index contributed by atoms with van der Waals surface area (Å²) in [6.07, 6.45) is 0.763. The normalized spacial score (nSPS) is 19.2. The van der Waals surface area contributed by atoms with Crippen molar-refractivity contribution in [3.63, 3.8) is 0 Å². The number of nitrogens with one attached hydrogen (secondary N) is 1. The number of halogens is 3. The number of alkyl halides is 3. The molecule has 5 heteroatoms. The van der Waals surface area contributed by atoms with Crippen molar-refractivity contribution in [3.05, 3.63) is 84.2 Å². The highest BCUT2D eigenvalue weighted by molar-refractivity contribution is 5.69. The molecule has 0 spiro atoms. The van der Waals surface area contributed by atoms with Crippen LogP contribution >= 0.6 is 0 Å². The van der Waals surface area contributed by atoms with Crippen molar-refractivity contribution >= 4 is 0 Å². The van der Waals surface area contributed by atoms with Crippen molar-refractivity contribution < 1.29 is 13.2 Å². The van der Waals surface area contributed by atoms with Crippen LogP contribution in [0.15, 0.2) is 73.1 Å². The molecule has 3 aromatic rings. The molecule has 0 aliphatic heterocycles. The summed E-state index contributed by atoms with van der Waals surface area (Å²) >= 11 is 0. The summed E-state index contributed by atoms with van der Waals surface area (Å²) in [6, 6.07) is 17.8. The Kier molecular flexibility index (Phi) is 4.79. The van der Waals surface area contributed by atoms with E-state index in [0.29, 0.717) is 17.5 Å². The Balaban J connectivity index is 1.48. The third-order valence-corrected chi connectivity index (χ3v) is 5.09. The van der Waals surface area contributed by atoms with E-state index in [1.807, 2.05) is 48.8 Å². The Morgan fingerprint density at radius 2 is 1.74 bits per heavy atom. The largest absolute Gasteiger partial charge is 0.416 e. The van der Waals surface area contributed by atoms with Crippen LogP contribution < -0.4 is 5.32 Å². The Morgan fingerprint density at radius 1 is 0.963 bits per heavy atom. The van der Waals surface area contributed by atoms with Crippen molar-refractivity contribution in [3.8, 4) is 11.1 Å². The van der Waals surface area contributed by atoms with Gasteiger partial charge in [0.15, 0.2) is 0 Å². The lowest BCUT2D eigenvalue weighted by Gasteiger charge is -2.13. The molecule has 1 N–H and O–H groups in total. The fraction of sp³-hybridized carbons (Fsp3) is 0.273. The van der Waals surface area contributed by atoms with Gasteiger partial charge in [0.2, 0.25) is 0 Å². The van der Waals surface area contributed by atoms with Gasteiger partial charge < -0.3 is 9.88 Å². The molecule has 2 aromatic carbocycles. The van der Waals surface area contributed by atoms with Gasteiger partial charge in [-0.2, -0.15) is 13.2 Å². The van der Waals surface area contributed by atoms with Crippen LogP contribution in [0.3, 0.4) is 0 Å². The molecule has 1 aliphatic carbocycles. The highest BCUT2D eigenvalue weighted by atomic mass is 19.4. The Bertz CT molecular complexity index is 900. The van der Waals surface area contributed by atoms with Crippen LogP contribution in [-0.2, 0) is 12.7 Å². The van der Waals surface area contributed by atoms with Gasteiger partial charge in [0, 0.05) is 37.4 Å². The molecular weight excluding hydrogens is 349 g/mol. The SMILES string of the molecule is FC(F)(F)c1cccc(-c2ccccc2[C@@H]2C[C@H]2NCCn2cccc2)c1. The molecule has 1 heterocycles. The van der Waals surface area contributed by atoms with Gasteiger partial charge in [-0.3, -0.25) is 0 Å². The van der Waals surface area contributed by atoms with Gasteiger partial charge in [0.05, 0.1) is 5.56 Å². The molecule has 2 atom stereocenters. The van der Waals surface area contributed by atoms with Crippen molar-refractivity contribution in [2.75, 3.05) is 6.54 Å². The summed E-state index contributed by atoms with van der Waals surface area (Å²) in [6.45, 7) is 1.78. The van der Waals surface area contributed by atoms with E-state index in [2.05, 4.69) is 9.88 Å². The topological polar surface area (TPSA) is 17.0 Å². The second-order valence-electron chi connectivity index (χ2n) is 6.99. The van der Waals surface area contributed by atoms with E-state index in [9.17, 15) is 13.2 Å². The van der Waals surface area contributed by atoms with Gasteiger partial charge in [0.1, 0.15) is 0 Å². The summed E-state index contributed by atoms with van der Waals surface area (Å²) in [4.78, 5) is 0. The maximum Gasteiger partial charge on any atom is 0.416 e. The zero-order valence-corrected chi connectivity index (χ0v) is 14.8. The van der Waals surface area contributed by atoms with Crippen molar-refractivity contribution in [2.45, 2.75) is 31.1 Å². The predicted octanol–water partition coefficient (Wildman–Crippen LogP) is 5.32. The highest BCUT2D eigenvalue weighted by Crippen LogP contribution is 2.45. The fourth-order valence-corrected chi connectivity index (χ4v) is 3.61. The minimum Gasteiger partial charge on any atom is -0.353 e. The van der Waals surface area contributed by atoms with Crippen LogP contribution in [-0.4, -0.2) is 17.2 Å². The molecule has 0 unspecified atom stereocenters. The lowest BCUT2D eigenvalue weighted by atomic mass is 9.95. The molecule has 1 saturated carbocycles. The van der Waals surface area contributed by atoms with Gasteiger partial charge in [0.25, 0.3) is 0 Å². The average Bonchev–Trinajstić information content (AvgIpc) is 3.23. The Labute approximate surface area is 156 Å². The molecular formula is C22H21F3N2. The number of hydrogen-bond donors (Lipinski definition) is 1. The molecule has 4 rings (SSSR count). The Morgan fingerprint density at radius 3 is 2.52 bits per heavy atom. The molecule has 0 bridgehead atoms. The Hall–Kier alpha value is -2.53. The number of aromatic nitrogens is 1. The first-order chi connectivity index (χ1) is 13.0. The van der Waals surface area contributed by atoms with Gasteiger partial charge in [-0.05, 0) is 47.4 Å². The number of nitrogens with zero attached hydrogens (tertiary/aromatic N) is 1. The molecule has 1 aliphatic rings. The van der Waals surface area contributed by atoms with Crippen LogP contribution in [0.4, 0.5) is 13.2 Å². The smallest absolute Gasteiger partial charge is 0.353 e. The molecule has 0 radical (unpaired) electrons. The molecule has 1 aromatic heterocycles. The molecule has 0 saturated heterocycles. The standard InChI is InChI=1S/C22H21F3N2/c23-22(24,25)17-7-5-6-16(14-17)18-8-1-2-9-19(18)20-15-21(20)26-10-13-27-11-3-4-12-27/h1-9,11-12,14,20-21,26H,10,13,15H2/t20-,21+/m0/s1. The van der Waals surface area contributed by atoms with E-state index in [0.717, 1.165) is 36.7 Å². The third kappa shape index (κ3) is 4.08. The predicted molar refractivity (Wildman–Crippen MR) is 100 cm³/mol. The minimum absolute atomic E-state index is 0.348. The van der Waals surface area contributed by atoms with Crippen LogP contribution in [0.5, 0.6) is 0 Å². The number of benzene rings is 2. The minimum atomic E-state index is -4.33. The molecule has 140 valence electrons. The summed E-state index contributed by atoms with van der Waals surface area (Å²) in [5, 5.41) is 3.56. The second-order valence-corrected chi connectivity index (χ2v) is 6.99. The third-order valence-electron chi connectivity index (χ3n) is 5.09. The monoisotopic (exact) mass is 370 g/mol. The second kappa shape index (κ2) is 7.24. The summed E-state index contributed by atoms with van der Waals surface area (Å²) < 4.78 is 41.3. The van der Waals surface area contributed by atoms with Crippen molar-refractivity contribution in [2.24, 2.45) is 0 Å². The van der Waals surface area contributed by atoms with E-state index in [-0.39, 0.29) is 0 Å². The summed E-state index contributed by atoms with van der Waals surface area (Å²) in [5.41, 5.74) is 2.03. The van der Waals surface area contributed by atoms with E-state index >= 15 is 0 Å². The maximum atomic E-state index is 13.1. The van der Waals surface area contributed by atoms with Crippen molar-refractivity contribution in [1.82, 2.24) is 9.88 Å². The van der Waals surface area contributed by atoms with Crippen LogP contribution in [0.25, 0.3) is 11.1 Å². The van der Waals surface area contributed by atoms with Gasteiger partial charge in [-0.1, -0.05) is 36.4 Å². The van der Waals surface area contributed by atoms with E-state index in [4.69, 9.17) is 0 Å². The first kappa shape index (κ1) is 17.9. The molecule has 27 heavy (non-hydrogen) atoms. The van der Waals surface area contributed by atoms with Gasteiger partial charge >= 0.3 is 6.18 Å². The molecule has 0 amide bonds. The van der Waals surface area contributed by atoms with E-state index in [1.165, 1.54) is 12.1 Å². The van der Waals surface area contributed by atoms with E-state index < -0.39 is 11.7 Å². The van der Waals surface area contributed by atoms with Crippen LogP contribution in [0.2, 0.25) is 0 Å². The first-order valence-corrected chi connectivity index (χ1v) is 9.13. The molecule has 2 nitrogen and oxygen atoms in total. The first-order valence-electron chi connectivity index (χ1n) is 9.13. The zero-order chi connectivity index (χ0) is 18.9. The quantitative estimate of drug-likeness (QED) is 0.621. The van der Waals surface area contributed by atoms with Crippen molar-refractivity contribution in [1.29, 1.82) is 0 Å². The van der Waals surface area contributed by atoms with E-state index in [1.54, 1.807) is 6.07 Å². The lowest BCUT2D eigenvalue weighted by molar-refractivity contribution is -0.137. The summed E-state index contributed by atoms with van der Waals surface area (Å²) in [7, 11) is 0. The van der Waals surface area contributed by atoms with Crippen LogP contribution in [0, 0.1) is 0 Å². The maximum absolute atomic E-state index is 13.1. The average molecular weight is 370 g/mol. The van der Waals surface area contributed by atoms with Gasteiger partial charge in [-0.15, -0.1) is 0 Å². The van der Waals surface area contributed by atoms with Crippen LogP contribution in [0.1, 0.15) is 23.5 Å². The fourth-order valence-electron chi connectivity index (χ4n) is 3.61.